The summed E-state index contributed by atoms with van der Waals surface area (Å²) in [7, 11) is -3.64. The van der Waals surface area contributed by atoms with E-state index in [0.29, 0.717) is 13.1 Å². The third-order valence-corrected chi connectivity index (χ3v) is 6.06. The minimum atomic E-state index is -3.64. The second kappa shape index (κ2) is 5.12. The quantitative estimate of drug-likeness (QED) is 0.826. The molecule has 0 N–H and O–H groups in total. The molecule has 1 aromatic rings. The SMILES string of the molecule is CC1(C)CN(S(=O)(=O)c2cccnc2C#N)CCS1. The smallest absolute Gasteiger partial charge is 0.244 e. The van der Waals surface area contributed by atoms with Gasteiger partial charge in [0.1, 0.15) is 11.0 Å². The molecule has 0 spiro atoms. The second-order valence-corrected chi connectivity index (χ2v) is 8.62. The van der Waals surface area contributed by atoms with Gasteiger partial charge >= 0.3 is 0 Å². The van der Waals surface area contributed by atoms with Gasteiger partial charge in [-0.05, 0) is 26.0 Å². The zero-order valence-electron chi connectivity index (χ0n) is 10.8. The van der Waals surface area contributed by atoms with E-state index in [0.717, 1.165) is 5.75 Å². The molecule has 0 radical (unpaired) electrons. The van der Waals surface area contributed by atoms with Gasteiger partial charge in [-0.15, -0.1) is 0 Å². The van der Waals surface area contributed by atoms with E-state index in [2.05, 4.69) is 4.98 Å². The summed E-state index contributed by atoms with van der Waals surface area (Å²) in [5.41, 5.74) is -0.0430. The molecule has 19 heavy (non-hydrogen) atoms. The molecule has 2 heterocycles. The summed E-state index contributed by atoms with van der Waals surface area (Å²) in [6.45, 7) is 4.96. The lowest BCUT2D eigenvalue weighted by atomic mass is 10.2. The Labute approximate surface area is 117 Å². The largest absolute Gasteiger partial charge is 0.246 e. The number of rotatable bonds is 2. The predicted octanol–water partition coefficient (Wildman–Crippen LogP) is 1.47. The van der Waals surface area contributed by atoms with E-state index in [4.69, 9.17) is 5.26 Å². The first-order valence-electron chi connectivity index (χ1n) is 5.86. The zero-order chi connectivity index (χ0) is 14.1. The average Bonchev–Trinajstić information content (AvgIpc) is 2.37. The first kappa shape index (κ1) is 14.3. The fourth-order valence-electron chi connectivity index (χ4n) is 2.00. The molecule has 1 fully saturated rings. The molecule has 102 valence electrons. The minimum absolute atomic E-state index is 0.000185. The van der Waals surface area contributed by atoms with Crippen LogP contribution in [0.2, 0.25) is 0 Å². The van der Waals surface area contributed by atoms with Gasteiger partial charge in [-0.3, -0.25) is 0 Å². The van der Waals surface area contributed by atoms with Gasteiger partial charge in [0.05, 0.1) is 0 Å². The summed E-state index contributed by atoms with van der Waals surface area (Å²) in [4.78, 5) is 3.82. The van der Waals surface area contributed by atoms with E-state index in [-0.39, 0.29) is 15.3 Å². The molecule has 0 amide bonds. The first-order valence-corrected chi connectivity index (χ1v) is 8.29. The van der Waals surface area contributed by atoms with Crippen molar-refractivity contribution in [3.05, 3.63) is 24.0 Å². The highest BCUT2D eigenvalue weighted by Crippen LogP contribution is 2.32. The van der Waals surface area contributed by atoms with Crippen LogP contribution in [-0.4, -0.2) is 41.3 Å². The van der Waals surface area contributed by atoms with Gasteiger partial charge < -0.3 is 0 Å². The minimum Gasteiger partial charge on any atom is -0.244 e. The van der Waals surface area contributed by atoms with Crippen LogP contribution in [-0.2, 0) is 10.0 Å². The molecule has 0 saturated carbocycles. The topological polar surface area (TPSA) is 74.1 Å². The predicted molar refractivity (Wildman–Crippen MR) is 74.2 cm³/mol. The summed E-state index contributed by atoms with van der Waals surface area (Å²) in [5.74, 6) is 0.758. The standard InChI is InChI=1S/C12H15N3O2S2/c1-12(2)9-15(6-7-18-12)19(16,17)11-4-3-5-14-10(11)8-13/h3-5H,6-7,9H2,1-2H3. The number of pyridine rings is 1. The summed E-state index contributed by atoms with van der Waals surface area (Å²) in [6, 6.07) is 4.82. The van der Waals surface area contributed by atoms with Crippen LogP contribution in [0.1, 0.15) is 19.5 Å². The summed E-state index contributed by atoms with van der Waals surface area (Å²) in [6.07, 6.45) is 1.42. The molecule has 1 aliphatic heterocycles. The molecule has 1 aromatic heterocycles. The number of hydrogen-bond acceptors (Lipinski definition) is 5. The van der Waals surface area contributed by atoms with E-state index in [1.165, 1.54) is 22.6 Å². The van der Waals surface area contributed by atoms with Gasteiger partial charge in [0.25, 0.3) is 0 Å². The van der Waals surface area contributed by atoms with Crippen LogP contribution in [0, 0.1) is 11.3 Å². The molecule has 1 saturated heterocycles. The van der Waals surface area contributed by atoms with Gasteiger partial charge in [-0.1, -0.05) is 0 Å². The maximum absolute atomic E-state index is 12.6. The van der Waals surface area contributed by atoms with Gasteiger partial charge in [0, 0.05) is 29.8 Å². The van der Waals surface area contributed by atoms with E-state index >= 15 is 0 Å². The average molecular weight is 297 g/mol. The molecule has 0 bridgehead atoms. The molecule has 0 aromatic carbocycles. The van der Waals surface area contributed by atoms with Crippen molar-refractivity contribution >= 4 is 21.8 Å². The highest BCUT2D eigenvalue weighted by molar-refractivity contribution is 8.00. The van der Waals surface area contributed by atoms with Crippen molar-refractivity contribution in [3.63, 3.8) is 0 Å². The number of nitriles is 1. The van der Waals surface area contributed by atoms with Crippen molar-refractivity contribution in [2.24, 2.45) is 0 Å². The normalized spacial score (nSPS) is 19.8. The van der Waals surface area contributed by atoms with Crippen LogP contribution in [0.5, 0.6) is 0 Å². The molecule has 0 aliphatic carbocycles. The summed E-state index contributed by atoms with van der Waals surface area (Å²) >= 11 is 1.76. The van der Waals surface area contributed by atoms with Crippen molar-refractivity contribution in [3.8, 4) is 6.07 Å². The van der Waals surface area contributed by atoms with E-state index < -0.39 is 10.0 Å². The highest BCUT2D eigenvalue weighted by atomic mass is 32.2. The van der Waals surface area contributed by atoms with E-state index in [1.54, 1.807) is 11.8 Å². The van der Waals surface area contributed by atoms with Crippen LogP contribution in [0.25, 0.3) is 0 Å². The van der Waals surface area contributed by atoms with Crippen molar-refractivity contribution in [2.45, 2.75) is 23.5 Å². The Balaban J connectivity index is 2.40. The van der Waals surface area contributed by atoms with Crippen molar-refractivity contribution in [1.82, 2.24) is 9.29 Å². The molecule has 1 aliphatic rings. The molecule has 2 rings (SSSR count). The molecule has 7 heteroatoms. The van der Waals surface area contributed by atoms with Gasteiger partial charge in [-0.2, -0.15) is 21.3 Å². The Morgan fingerprint density at radius 1 is 1.53 bits per heavy atom. The van der Waals surface area contributed by atoms with Crippen LogP contribution >= 0.6 is 11.8 Å². The zero-order valence-corrected chi connectivity index (χ0v) is 12.5. The fraction of sp³-hybridized carbons (Fsp3) is 0.500. The highest BCUT2D eigenvalue weighted by Gasteiger charge is 2.35. The Kier molecular flexibility index (Phi) is 3.85. The summed E-state index contributed by atoms with van der Waals surface area (Å²) < 4.78 is 26.5. The lowest BCUT2D eigenvalue weighted by Crippen LogP contribution is -2.46. The van der Waals surface area contributed by atoms with Crippen molar-refractivity contribution < 1.29 is 8.42 Å². The third-order valence-electron chi connectivity index (χ3n) is 2.89. The van der Waals surface area contributed by atoms with Crippen LogP contribution in [0.3, 0.4) is 0 Å². The monoisotopic (exact) mass is 297 g/mol. The van der Waals surface area contributed by atoms with E-state index in [1.807, 2.05) is 19.9 Å². The molecule has 0 unspecified atom stereocenters. The van der Waals surface area contributed by atoms with Gasteiger partial charge in [0.2, 0.25) is 10.0 Å². The number of hydrogen-bond donors (Lipinski definition) is 0. The third kappa shape index (κ3) is 2.91. The molecular formula is C12H15N3O2S2. The molecule has 5 nitrogen and oxygen atoms in total. The van der Waals surface area contributed by atoms with Crippen LogP contribution < -0.4 is 0 Å². The Morgan fingerprint density at radius 3 is 2.89 bits per heavy atom. The Hall–Kier alpha value is -1.10. The number of thioether (sulfide) groups is 1. The summed E-state index contributed by atoms with van der Waals surface area (Å²) in [5, 5.41) is 8.98. The molecule has 0 atom stereocenters. The van der Waals surface area contributed by atoms with Crippen molar-refractivity contribution in [2.75, 3.05) is 18.8 Å². The number of sulfonamides is 1. The number of nitrogens with zero attached hydrogens (tertiary/aromatic N) is 3. The first-order chi connectivity index (χ1) is 8.87. The molecular weight excluding hydrogens is 282 g/mol. The van der Waals surface area contributed by atoms with Crippen LogP contribution in [0.15, 0.2) is 23.2 Å². The number of aromatic nitrogens is 1. The van der Waals surface area contributed by atoms with Gasteiger partial charge in [-0.25, -0.2) is 13.4 Å². The Morgan fingerprint density at radius 2 is 2.26 bits per heavy atom. The second-order valence-electron chi connectivity index (χ2n) is 4.91. The van der Waals surface area contributed by atoms with Crippen molar-refractivity contribution in [1.29, 1.82) is 5.26 Å². The maximum atomic E-state index is 12.6. The Bertz CT molecular complexity index is 620. The maximum Gasteiger partial charge on any atom is 0.246 e. The van der Waals surface area contributed by atoms with Crippen LogP contribution in [0.4, 0.5) is 0 Å². The lowest BCUT2D eigenvalue weighted by molar-refractivity contribution is 0.387. The van der Waals surface area contributed by atoms with E-state index in [9.17, 15) is 8.42 Å². The lowest BCUT2D eigenvalue weighted by Gasteiger charge is -2.36. The fourth-order valence-corrected chi connectivity index (χ4v) is 5.00. The van der Waals surface area contributed by atoms with Gasteiger partial charge in [0.15, 0.2) is 5.69 Å².